The molecule has 2 atom stereocenters. The molecule has 1 aromatic carbocycles. The molecule has 102 valence electrons. The number of hydrogen-bond donors (Lipinski definition) is 2. The molecule has 3 rings (SSSR count). The predicted molar refractivity (Wildman–Crippen MR) is 73.3 cm³/mol. The Morgan fingerprint density at radius 2 is 2.21 bits per heavy atom. The van der Waals surface area contributed by atoms with E-state index in [1.165, 1.54) is 5.56 Å². The molecule has 1 amide bonds. The molecule has 1 saturated carbocycles. The third-order valence-electron chi connectivity index (χ3n) is 3.79. The monoisotopic (exact) mass is 260 g/mol. The number of hydrogen-bond acceptors (Lipinski definition) is 3. The van der Waals surface area contributed by atoms with Crippen molar-refractivity contribution in [3.8, 4) is 5.75 Å². The van der Waals surface area contributed by atoms with Crippen LogP contribution >= 0.6 is 0 Å². The van der Waals surface area contributed by atoms with Gasteiger partial charge >= 0.3 is 0 Å². The summed E-state index contributed by atoms with van der Waals surface area (Å²) < 4.78 is 5.64. The van der Waals surface area contributed by atoms with Gasteiger partial charge in [0.1, 0.15) is 5.75 Å². The Morgan fingerprint density at radius 1 is 1.42 bits per heavy atom. The van der Waals surface area contributed by atoms with Crippen molar-refractivity contribution in [1.29, 1.82) is 0 Å². The van der Waals surface area contributed by atoms with Crippen molar-refractivity contribution in [2.75, 3.05) is 13.2 Å². The summed E-state index contributed by atoms with van der Waals surface area (Å²) in [6.45, 7) is 3.39. The summed E-state index contributed by atoms with van der Waals surface area (Å²) in [4.78, 5) is 11.8. The van der Waals surface area contributed by atoms with Gasteiger partial charge in [-0.3, -0.25) is 4.79 Å². The fraction of sp³-hybridized carbons (Fsp3) is 0.533. The van der Waals surface area contributed by atoms with Crippen LogP contribution in [0.4, 0.5) is 0 Å². The number of rotatable bonds is 5. The fourth-order valence-corrected chi connectivity index (χ4v) is 2.36. The van der Waals surface area contributed by atoms with Gasteiger partial charge in [0.15, 0.2) is 0 Å². The molecule has 0 spiro atoms. The number of fused-ring (bicyclic) bond motifs is 1. The third kappa shape index (κ3) is 2.89. The van der Waals surface area contributed by atoms with E-state index in [9.17, 15) is 4.79 Å². The van der Waals surface area contributed by atoms with Crippen LogP contribution in [-0.4, -0.2) is 31.1 Å². The third-order valence-corrected chi connectivity index (χ3v) is 3.79. The first-order valence-electron chi connectivity index (χ1n) is 6.99. The molecule has 1 heterocycles. The SMILES string of the molecule is CC(NCC1COc2ccccc21)C(=O)NC1CC1. The van der Waals surface area contributed by atoms with Gasteiger partial charge in [-0.15, -0.1) is 0 Å². The van der Waals surface area contributed by atoms with Crippen molar-refractivity contribution >= 4 is 5.91 Å². The summed E-state index contributed by atoms with van der Waals surface area (Å²) in [5, 5.41) is 6.32. The number of ether oxygens (including phenoxy) is 1. The highest BCUT2D eigenvalue weighted by Gasteiger charge is 2.27. The van der Waals surface area contributed by atoms with Gasteiger partial charge in [0.2, 0.25) is 5.91 Å². The second kappa shape index (κ2) is 5.21. The zero-order valence-electron chi connectivity index (χ0n) is 11.2. The van der Waals surface area contributed by atoms with Gasteiger partial charge in [0.25, 0.3) is 0 Å². The average molecular weight is 260 g/mol. The van der Waals surface area contributed by atoms with E-state index >= 15 is 0 Å². The highest BCUT2D eigenvalue weighted by molar-refractivity contribution is 5.81. The van der Waals surface area contributed by atoms with Crippen molar-refractivity contribution in [3.63, 3.8) is 0 Å². The van der Waals surface area contributed by atoms with E-state index in [-0.39, 0.29) is 11.9 Å². The molecule has 1 aliphatic heterocycles. The van der Waals surface area contributed by atoms with E-state index in [1.807, 2.05) is 25.1 Å². The molecule has 1 aromatic rings. The van der Waals surface area contributed by atoms with Crippen LogP contribution in [0.1, 0.15) is 31.2 Å². The molecule has 0 radical (unpaired) electrons. The fourth-order valence-electron chi connectivity index (χ4n) is 2.36. The highest BCUT2D eigenvalue weighted by Crippen LogP contribution is 2.32. The van der Waals surface area contributed by atoms with Crippen molar-refractivity contribution in [1.82, 2.24) is 10.6 Å². The maximum Gasteiger partial charge on any atom is 0.237 e. The largest absolute Gasteiger partial charge is 0.493 e. The summed E-state index contributed by atoms with van der Waals surface area (Å²) in [6.07, 6.45) is 2.25. The molecule has 0 aromatic heterocycles. The molecule has 1 aliphatic carbocycles. The Bertz CT molecular complexity index is 471. The van der Waals surface area contributed by atoms with Crippen LogP contribution in [0.2, 0.25) is 0 Å². The van der Waals surface area contributed by atoms with Crippen LogP contribution in [-0.2, 0) is 4.79 Å². The van der Waals surface area contributed by atoms with E-state index in [4.69, 9.17) is 4.74 Å². The number of amides is 1. The summed E-state index contributed by atoms with van der Waals surface area (Å²) in [5.41, 5.74) is 1.24. The second-order valence-electron chi connectivity index (χ2n) is 5.46. The van der Waals surface area contributed by atoms with Gasteiger partial charge in [-0.25, -0.2) is 0 Å². The minimum atomic E-state index is -0.145. The first kappa shape index (κ1) is 12.5. The molecule has 2 N–H and O–H groups in total. The van der Waals surface area contributed by atoms with E-state index in [2.05, 4.69) is 16.7 Å². The number of carbonyl (C=O) groups is 1. The van der Waals surface area contributed by atoms with Gasteiger partial charge < -0.3 is 15.4 Å². The number of nitrogens with one attached hydrogen (secondary N) is 2. The maximum absolute atomic E-state index is 11.8. The summed E-state index contributed by atoms with van der Waals surface area (Å²) >= 11 is 0. The standard InChI is InChI=1S/C15H20N2O2/c1-10(15(18)17-12-6-7-12)16-8-11-9-19-14-5-3-2-4-13(11)14/h2-5,10-12,16H,6-9H2,1H3,(H,17,18). The van der Waals surface area contributed by atoms with Crippen LogP contribution in [0.5, 0.6) is 5.75 Å². The Labute approximate surface area is 113 Å². The van der Waals surface area contributed by atoms with Crippen LogP contribution in [0.15, 0.2) is 24.3 Å². The number of para-hydroxylation sites is 1. The first-order valence-corrected chi connectivity index (χ1v) is 6.99. The Hall–Kier alpha value is -1.55. The van der Waals surface area contributed by atoms with E-state index < -0.39 is 0 Å². The Balaban J connectivity index is 1.51. The number of carbonyl (C=O) groups excluding carboxylic acids is 1. The van der Waals surface area contributed by atoms with Crippen molar-refractivity contribution < 1.29 is 9.53 Å². The molecular weight excluding hydrogens is 240 g/mol. The molecule has 4 nitrogen and oxygen atoms in total. The average Bonchev–Trinajstić information content (AvgIpc) is 3.14. The number of benzene rings is 1. The second-order valence-corrected chi connectivity index (χ2v) is 5.46. The summed E-state index contributed by atoms with van der Waals surface area (Å²) in [7, 11) is 0. The Morgan fingerprint density at radius 3 is 3.00 bits per heavy atom. The van der Waals surface area contributed by atoms with Crippen LogP contribution < -0.4 is 15.4 Å². The van der Waals surface area contributed by atoms with Crippen LogP contribution in [0.3, 0.4) is 0 Å². The first-order chi connectivity index (χ1) is 9.24. The summed E-state index contributed by atoms with van der Waals surface area (Å²) in [5.74, 6) is 1.42. The van der Waals surface area contributed by atoms with Gasteiger partial charge in [0, 0.05) is 24.1 Å². The lowest BCUT2D eigenvalue weighted by Gasteiger charge is -2.16. The zero-order valence-corrected chi connectivity index (χ0v) is 11.2. The predicted octanol–water partition coefficient (Wildman–Crippen LogP) is 1.42. The van der Waals surface area contributed by atoms with Crippen molar-refractivity contribution in [2.24, 2.45) is 0 Å². The minimum absolute atomic E-state index is 0.106. The van der Waals surface area contributed by atoms with Crippen LogP contribution in [0, 0.1) is 0 Å². The lowest BCUT2D eigenvalue weighted by atomic mass is 10.0. The quantitative estimate of drug-likeness (QED) is 0.842. The van der Waals surface area contributed by atoms with Gasteiger partial charge in [-0.05, 0) is 25.8 Å². The zero-order chi connectivity index (χ0) is 13.2. The van der Waals surface area contributed by atoms with E-state index in [1.54, 1.807) is 0 Å². The smallest absolute Gasteiger partial charge is 0.237 e. The molecule has 1 fully saturated rings. The lowest BCUT2D eigenvalue weighted by molar-refractivity contribution is -0.122. The highest BCUT2D eigenvalue weighted by atomic mass is 16.5. The summed E-state index contributed by atoms with van der Waals surface area (Å²) in [6, 6.07) is 8.40. The van der Waals surface area contributed by atoms with Gasteiger partial charge in [0.05, 0.1) is 12.6 Å². The van der Waals surface area contributed by atoms with Gasteiger partial charge in [-0.1, -0.05) is 18.2 Å². The molecule has 2 aliphatic rings. The van der Waals surface area contributed by atoms with Crippen molar-refractivity contribution in [2.45, 2.75) is 37.8 Å². The maximum atomic E-state index is 11.8. The molecule has 0 bridgehead atoms. The van der Waals surface area contributed by atoms with Crippen molar-refractivity contribution in [3.05, 3.63) is 29.8 Å². The van der Waals surface area contributed by atoms with E-state index in [0.717, 1.165) is 25.1 Å². The molecule has 2 unspecified atom stereocenters. The molecule has 4 heteroatoms. The molecule has 0 saturated heterocycles. The topological polar surface area (TPSA) is 50.4 Å². The minimum Gasteiger partial charge on any atom is -0.493 e. The molecular formula is C15H20N2O2. The van der Waals surface area contributed by atoms with Crippen LogP contribution in [0.25, 0.3) is 0 Å². The normalized spacial score (nSPS) is 22.5. The Kier molecular flexibility index (Phi) is 3.42. The lowest BCUT2D eigenvalue weighted by Crippen LogP contribution is -2.44. The van der Waals surface area contributed by atoms with E-state index in [0.29, 0.717) is 18.6 Å². The molecule has 19 heavy (non-hydrogen) atoms. The van der Waals surface area contributed by atoms with Gasteiger partial charge in [-0.2, -0.15) is 0 Å².